The van der Waals surface area contributed by atoms with Crippen LogP contribution in [0, 0.1) is 0 Å². The van der Waals surface area contributed by atoms with E-state index < -0.39 is 0 Å². The maximum absolute atomic E-state index is 5.80. The number of hydrogen-bond acceptors (Lipinski definition) is 5. The molecule has 0 amide bonds. The fourth-order valence-electron chi connectivity index (χ4n) is 3.77. The Balaban J connectivity index is 1.42. The summed E-state index contributed by atoms with van der Waals surface area (Å²) in [5, 5.41) is 6.86. The van der Waals surface area contributed by atoms with Crippen molar-refractivity contribution in [1.29, 1.82) is 0 Å². The Kier molecular flexibility index (Phi) is 7.05. The molecule has 7 heteroatoms. The van der Waals surface area contributed by atoms with E-state index in [1.807, 2.05) is 18.2 Å². The van der Waals surface area contributed by atoms with Crippen molar-refractivity contribution >= 4 is 11.6 Å². The molecule has 2 N–H and O–H groups in total. The van der Waals surface area contributed by atoms with Crippen LogP contribution in [0.5, 0.6) is 11.5 Å². The lowest BCUT2D eigenvalue weighted by Crippen LogP contribution is -2.44. The van der Waals surface area contributed by atoms with E-state index in [1.165, 1.54) is 5.56 Å². The summed E-state index contributed by atoms with van der Waals surface area (Å²) in [6.45, 7) is 5.49. The molecule has 0 bridgehead atoms. The van der Waals surface area contributed by atoms with Gasteiger partial charge in [-0.1, -0.05) is 30.3 Å². The summed E-state index contributed by atoms with van der Waals surface area (Å²) in [6.07, 6.45) is 0.892. The van der Waals surface area contributed by atoms with Crippen LogP contribution in [0.4, 0.5) is 5.69 Å². The van der Waals surface area contributed by atoms with Crippen molar-refractivity contribution in [2.75, 3.05) is 58.4 Å². The topological polar surface area (TPSA) is 67.4 Å². The molecule has 0 spiro atoms. The number of guanidine groups is 1. The molecule has 1 unspecified atom stereocenters. The molecule has 0 saturated carbocycles. The van der Waals surface area contributed by atoms with Crippen molar-refractivity contribution in [3.8, 4) is 11.5 Å². The number of nitrogens with zero attached hydrogens (tertiary/aromatic N) is 2. The predicted molar refractivity (Wildman–Crippen MR) is 119 cm³/mol. The van der Waals surface area contributed by atoms with Gasteiger partial charge in [-0.2, -0.15) is 0 Å². The van der Waals surface area contributed by atoms with Crippen LogP contribution in [0.2, 0.25) is 0 Å². The molecule has 2 aromatic carbocycles. The van der Waals surface area contributed by atoms with Crippen LogP contribution in [-0.4, -0.2) is 64.0 Å². The smallest absolute Gasteiger partial charge is 0.195 e. The first kappa shape index (κ1) is 20.5. The molecule has 30 heavy (non-hydrogen) atoms. The summed E-state index contributed by atoms with van der Waals surface area (Å²) in [7, 11) is 1.78. The largest absolute Gasteiger partial charge is 0.490 e. The maximum atomic E-state index is 5.80. The third kappa shape index (κ3) is 5.23. The second-order valence-corrected chi connectivity index (χ2v) is 7.36. The molecule has 2 aromatic rings. The van der Waals surface area contributed by atoms with Gasteiger partial charge in [0.2, 0.25) is 0 Å². The Bertz CT molecular complexity index is 838. The minimum Gasteiger partial charge on any atom is -0.490 e. The summed E-state index contributed by atoms with van der Waals surface area (Å²) >= 11 is 0. The molecule has 4 rings (SSSR count). The number of rotatable bonds is 5. The first-order valence-corrected chi connectivity index (χ1v) is 10.6. The number of morpholine rings is 1. The fourth-order valence-corrected chi connectivity index (χ4v) is 3.77. The van der Waals surface area contributed by atoms with E-state index in [-0.39, 0.29) is 6.04 Å². The number of fused-ring (bicyclic) bond motifs is 1. The quantitative estimate of drug-likeness (QED) is 0.584. The standard InChI is InChI=1S/C23H30N4O3/c1-24-23(26-19-8-9-21-22(16-19)30-13-5-12-29-21)25-17-20(18-6-3-2-4-7-18)27-10-14-28-15-11-27/h2-4,6-9,16,20H,5,10-15,17H2,1H3,(H2,24,25,26). The highest BCUT2D eigenvalue weighted by molar-refractivity contribution is 5.93. The van der Waals surface area contributed by atoms with Crippen molar-refractivity contribution in [3.63, 3.8) is 0 Å². The van der Waals surface area contributed by atoms with Gasteiger partial charge in [-0.3, -0.25) is 9.89 Å². The zero-order chi connectivity index (χ0) is 20.6. The molecule has 7 nitrogen and oxygen atoms in total. The summed E-state index contributed by atoms with van der Waals surface area (Å²) in [5.74, 6) is 2.28. The number of benzene rings is 2. The van der Waals surface area contributed by atoms with E-state index in [1.54, 1.807) is 7.05 Å². The molecule has 1 atom stereocenters. The second kappa shape index (κ2) is 10.3. The first-order valence-electron chi connectivity index (χ1n) is 10.6. The van der Waals surface area contributed by atoms with Crippen molar-refractivity contribution in [1.82, 2.24) is 10.2 Å². The van der Waals surface area contributed by atoms with Crippen LogP contribution in [-0.2, 0) is 4.74 Å². The van der Waals surface area contributed by atoms with Crippen molar-refractivity contribution < 1.29 is 14.2 Å². The molecule has 0 radical (unpaired) electrons. The third-order valence-electron chi connectivity index (χ3n) is 5.37. The van der Waals surface area contributed by atoms with Crippen LogP contribution < -0.4 is 20.1 Å². The summed E-state index contributed by atoms with van der Waals surface area (Å²) in [4.78, 5) is 6.87. The number of nitrogens with one attached hydrogen (secondary N) is 2. The minimum absolute atomic E-state index is 0.248. The van der Waals surface area contributed by atoms with E-state index >= 15 is 0 Å². The van der Waals surface area contributed by atoms with E-state index in [4.69, 9.17) is 14.2 Å². The van der Waals surface area contributed by atoms with E-state index in [0.29, 0.717) is 13.2 Å². The SMILES string of the molecule is CN=C(NCC(c1ccccc1)N1CCOCC1)Nc1ccc2c(c1)OCCCO2. The summed E-state index contributed by atoms with van der Waals surface area (Å²) in [5.41, 5.74) is 2.20. The average molecular weight is 411 g/mol. The van der Waals surface area contributed by atoms with Gasteiger partial charge in [-0.15, -0.1) is 0 Å². The van der Waals surface area contributed by atoms with Crippen molar-refractivity contribution in [3.05, 3.63) is 54.1 Å². The van der Waals surface area contributed by atoms with Crippen molar-refractivity contribution in [2.24, 2.45) is 4.99 Å². The molecule has 1 fully saturated rings. The third-order valence-corrected chi connectivity index (χ3v) is 5.37. The summed E-state index contributed by atoms with van der Waals surface area (Å²) < 4.78 is 17.1. The van der Waals surface area contributed by atoms with Gasteiger partial charge in [0.1, 0.15) is 0 Å². The Morgan fingerprint density at radius 3 is 2.53 bits per heavy atom. The number of ether oxygens (including phenoxy) is 3. The Morgan fingerprint density at radius 1 is 1.00 bits per heavy atom. The molecular weight excluding hydrogens is 380 g/mol. The van der Waals surface area contributed by atoms with E-state index in [9.17, 15) is 0 Å². The minimum atomic E-state index is 0.248. The van der Waals surface area contributed by atoms with Crippen molar-refractivity contribution in [2.45, 2.75) is 12.5 Å². The Morgan fingerprint density at radius 2 is 1.77 bits per heavy atom. The number of anilines is 1. The molecule has 1 saturated heterocycles. The lowest BCUT2D eigenvalue weighted by Gasteiger charge is -2.35. The fraction of sp³-hybridized carbons (Fsp3) is 0.435. The normalized spacial score (nSPS) is 18.4. The van der Waals surface area contributed by atoms with Crippen LogP contribution >= 0.6 is 0 Å². The molecule has 160 valence electrons. The molecule has 2 heterocycles. The monoisotopic (exact) mass is 410 g/mol. The predicted octanol–water partition coefficient (Wildman–Crippen LogP) is 2.91. The highest BCUT2D eigenvalue weighted by atomic mass is 16.5. The number of aliphatic imine (C=N–C) groups is 1. The van der Waals surface area contributed by atoms with E-state index in [2.05, 4.69) is 50.9 Å². The van der Waals surface area contributed by atoms with Gasteiger partial charge in [0, 0.05) is 44.9 Å². The molecule has 2 aliphatic rings. The lowest BCUT2D eigenvalue weighted by molar-refractivity contribution is 0.0170. The number of hydrogen-bond donors (Lipinski definition) is 2. The highest BCUT2D eigenvalue weighted by Crippen LogP contribution is 2.32. The van der Waals surface area contributed by atoms with Gasteiger partial charge >= 0.3 is 0 Å². The molecule has 0 aliphatic carbocycles. The van der Waals surface area contributed by atoms with Gasteiger partial charge in [0.25, 0.3) is 0 Å². The van der Waals surface area contributed by atoms with Crippen LogP contribution in [0.1, 0.15) is 18.0 Å². The van der Waals surface area contributed by atoms with Gasteiger partial charge in [-0.25, -0.2) is 0 Å². The zero-order valence-electron chi connectivity index (χ0n) is 17.5. The molecular formula is C23H30N4O3. The lowest BCUT2D eigenvalue weighted by atomic mass is 10.0. The zero-order valence-corrected chi connectivity index (χ0v) is 17.5. The highest BCUT2D eigenvalue weighted by Gasteiger charge is 2.23. The average Bonchev–Trinajstić information content (AvgIpc) is 3.05. The van der Waals surface area contributed by atoms with Gasteiger partial charge in [0.15, 0.2) is 17.5 Å². The molecule has 0 aromatic heterocycles. The maximum Gasteiger partial charge on any atom is 0.195 e. The summed E-state index contributed by atoms with van der Waals surface area (Å²) in [6, 6.07) is 16.7. The van der Waals surface area contributed by atoms with Gasteiger partial charge in [-0.05, 0) is 17.7 Å². The van der Waals surface area contributed by atoms with Crippen LogP contribution in [0.3, 0.4) is 0 Å². The van der Waals surface area contributed by atoms with Gasteiger partial charge < -0.3 is 24.8 Å². The Hall–Kier alpha value is -2.77. The molecule has 2 aliphatic heterocycles. The van der Waals surface area contributed by atoms with E-state index in [0.717, 1.165) is 62.4 Å². The second-order valence-electron chi connectivity index (χ2n) is 7.36. The van der Waals surface area contributed by atoms with Crippen LogP contribution in [0.25, 0.3) is 0 Å². The first-order chi connectivity index (χ1) is 14.8. The van der Waals surface area contributed by atoms with Crippen LogP contribution in [0.15, 0.2) is 53.5 Å². The Labute approximate surface area is 178 Å². The van der Waals surface area contributed by atoms with Gasteiger partial charge in [0.05, 0.1) is 32.5 Å².